The summed E-state index contributed by atoms with van der Waals surface area (Å²) in [6.07, 6.45) is -2.46. The third kappa shape index (κ3) is 7.57. The molecule has 0 saturated carbocycles. The van der Waals surface area contributed by atoms with E-state index in [4.69, 9.17) is 0 Å². The topological polar surface area (TPSA) is 24.5 Å². The molecule has 1 rings (SSSR count). The Morgan fingerprint density at radius 3 is 2.88 bits per heavy atom. The molecular weight excluding hydrogens is 233 g/mol. The van der Waals surface area contributed by atoms with Gasteiger partial charge < -0.3 is 15.0 Å². The van der Waals surface area contributed by atoms with Crippen molar-refractivity contribution in [2.24, 2.45) is 0 Å². The molecule has 1 aliphatic rings. The number of rotatable bonds is 5. The lowest BCUT2D eigenvalue weighted by atomic mass is 10.3. The smallest absolute Gasteiger partial charge is 0.372 e. The van der Waals surface area contributed by atoms with Gasteiger partial charge in [-0.2, -0.15) is 13.2 Å². The molecule has 1 saturated heterocycles. The number of ether oxygens (including phenoxy) is 1. The molecule has 1 unspecified atom stereocenters. The minimum absolute atomic E-state index is 0.178. The largest absolute Gasteiger partial charge is 0.411 e. The molecule has 0 aromatic heterocycles. The lowest BCUT2D eigenvalue weighted by Crippen LogP contribution is -2.36. The first-order valence-electron chi connectivity index (χ1n) is 6.07. The summed E-state index contributed by atoms with van der Waals surface area (Å²) in [4.78, 5) is 2.28. The van der Waals surface area contributed by atoms with Crippen LogP contribution in [0.4, 0.5) is 13.2 Å². The second-order valence-corrected chi connectivity index (χ2v) is 4.53. The summed E-state index contributed by atoms with van der Waals surface area (Å²) in [5.74, 6) is 0. The van der Waals surface area contributed by atoms with Gasteiger partial charge in [0.2, 0.25) is 0 Å². The third-order valence-electron chi connectivity index (χ3n) is 2.70. The molecule has 3 nitrogen and oxygen atoms in total. The molecule has 0 amide bonds. The zero-order valence-corrected chi connectivity index (χ0v) is 10.2. The molecule has 102 valence electrons. The van der Waals surface area contributed by atoms with E-state index in [-0.39, 0.29) is 6.61 Å². The minimum Gasteiger partial charge on any atom is -0.372 e. The summed E-state index contributed by atoms with van der Waals surface area (Å²) in [7, 11) is 0. The zero-order valence-electron chi connectivity index (χ0n) is 10.2. The summed E-state index contributed by atoms with van der Waals surface area (Å²) in [5, 5.41) is 3.37. The Bertz CT molecular complexity index is 211. The maximum atomic E-state index is 11.8. The fourth-order valence-corrected chi connectivity index (χ4v) is 1.98. The Labute approximate surface area is 100 Å². The minimum atomic E-state index is -4.21. The van der Waals surface area contributed by atoms with E-state index >= 15 is 0 Å². The summed E-state index contributed by atoms with van der Waals surface area (Å²) >= 11 is 0. The van der Waals surface area contributed by atoms with Crippen molar-refractivity contribution in [1.29, 1.82) is 0 Å². The van der Waals surface area contributed by atoms with Crippen molar-refractivity contribution in [2.45, 2.75) is 32.0 Å². The number of hydrogen-bond acceptors (Lipinski definition) is 3. The molecule has 0 bridgehead atoms. The van der Waals surface area contributed by atoms with Gasteiger partial charge in [-0.15, -0.1) is 0 Å². The van der Waals surface area contributed by atoms with Crippen LogP contribution in [0.1, 0.15) is 19.8 Å². The number of nitrogens with one attached hydrogen (secondary N) is 1. The second kappa shape index (κ2) is 7.18. The van der Waals surface area contributed by atoms with E-state index in [1.807, 2.05) is 0 Å². The molecule has 0 aliphatic carbocycles. The van der Waals surface area contributed by atoms with Crippen LogP contribution in [0.15, 0.2) is 0 Å². The van der Waals surface area contributed by atoms with Crippen LogP contribution < -0.4 is 5.32 Å². The fourth-order valence-electron chi connectivity index (χ4n) is 1.98. The van der Waals surface area contributed by atoms with Gasteiger partial charge in [0.15, 0.2) is 0 Å². The number of halogens is 3. The Hall–Kier alpha value is -0.330. The Morgan fingerprint density at radius 2 is 2.18 bits per heavy atom. The van der Waals surface area contributed by atoms with Gasteiger partial charge in [-0.1, -0.05) is 0 Å². The van der Waals surface area contributed by atoms with Crippen molar-refractivity contribution in [3.63, 3.8) is 0 Å². The van der Waals surface area contributed by atoms with Crippen molar-refractivity contribution in [1.82, 2.24) is 10.2 Å². The first-order valence-corrected chi connectivity index (χ1v) is 6.07. The summed E-state index contributed by atoms with van der Waals surface area (Å²) in [6, 6.07) is 0.452. The zero-order chi connectivity index (χ0) is 12.7. The average molecular weight is 254 g/mol. The highest BCUT2D eigenvalue weighted by Gasteiger charge is 2.27. The molecule has 0 spiro atoms. The van der Waals surface area contributed by atoms with E-state index in [0.29, 0.717) is 12.5 Å². The first-order chi connectivity index (χ1) is 7.97. The van der Waals surface area contributed by atoms with E-state index in [9.17, 15) is 13.2 Å². The van der Waals surface area contributed by atoms with E-state index in [0.717, 1.165) is 32.6 Å². The number of alkyl halides is 3. The van der Waals surface area contributed by atoms with Gasteiger partial charge >= 0.3 is 6.18 Å². The predicted molar refractivity (Wildman–Crippen MR) is 60.0 cm³/mol. The molecule has 17 heavy (non-hydrogen) atoms. The van der Waals surface area contributed by atoms with E-state index in [1.165, 1.54) is 0 Å². The Kier molecular flexibility index (Phi) is 6.22. The molecule has 1 aliphatic heterocycles. The van der Waals surface area contributed by atoms with Crippen LogP contribution in [0.3, 0.4) is 0 Å². The second-order valence-electron chi connectivity index (χ2n) is 4.53. The van der Waals surface area contributed by atoms with Crippen molar-refractivity contribution >= 4 is 0 Å². The Morgan fingerprint density at radius 1 is 1.41 bits per heavy atom. The SMILES string of the molecule is CC1CN(CCCOCC(F)(F)F)CCCN1. The van der Waals surface area contributed by atoms with Crippen LogP contribution in [0.2, 0.25) is 0 Å². The molecule has 1 fully saturated rings. The van der Waals surface area contributed by atoms with Gasteiger partial charge in [0, 0.05) is 25.7 Å². The maximum Gasteiger partial charge on any atom is 0.411 e. The molecule has 0 aromatic carbocycles. The van der Waals surface area contributed by atoms with Gasteiger partial charge in [0.05, 0.1) is 0 Å². The molecule has 1 heterocycles. The van der Waals surface area contributed by atoms with Crippen LogP contribution in [0.25, 0.3) is 0 Å². The molecule has 1 atom stereocenters. The quantitative estimate of drug-likeness (QED) is 0.755. The first kappa shape index (κ1) is 14.7. The van der Waals surface area contributed by atoms with Gasteiger partial charge in [0.25, 0.3) is 0 Å². The van der Waals surface area contributed by atoms with Crippen LogP contribution in [0, 0.1) is 0 Å². The van der Waals surface area contributed by atoms with Gasteiger partial charge in [0.1, 0.15) is 6.61 Å². The standard InChI is InChI=1S/C11H21F3N2O/c1-10-8-16(5-2-4-15-10)6-3-7-17-9-11(12,13)14/h10,15H,2-9H2,1H3. The number of nitrogens with zero attached hydrogens (tertiary/aromatic N) is 1. The van der Waals surface area contributed by atoms with Gasteiger partial charge in [-0.3, -0.25) is 0 Å². The normalized spacial score (nSPS) is 23.6. The summed E-state index contributed by atoms with van der Waals surface area (Å²) in [5.41, 5.74) is 0. The van der Waals surface area contributed by atoms with Crippen molar-refractivity contribution < 1.29 is 17.9 Å². The lowest BCUT2D eigenvalue weighted by molar-refractivity contribution is -0.174. The van der Waals surface area contributed by atoms with E-state index < -0.39 is 12.8 Å². The van der Waals surface area contributed by atoms with E-state index in [2.05, 4.69) is 21.9 Å². The van der Waals surface area contributed by atoms with E-state index in [1.54, 1.807) is 0 Å². The highest BCUT2D eigenvalue weighted by molar-refractivity contribution is 4.72. The highest BCUT2D eigenvalue weighted by Crippen LogP contribution is 2.14. The predicted octanol–water partition coefficient (Wildman–Crippen LogP) is 1.64. The van der Waals surface area contributed by atoms with Crippen LogP contribution in [-0.2, 0) is 4.74 Å². The van der Waals surface area contributed by atoms with Gasteiger partial charge in [-0.05, 0) is 32.9 Å². The molecular formula is C11H21F3N2O. The number of hydrogen-bond donors (Lipinski definition) is 1. The van der Waals surface area contributed by atoms with Crippen LogP contribution in [0.5, 0.6) is 0 Å². The highest BCUT2D eigenvalue weighted by atomic mass is 19.4. The van der Waals surface area contributed by atoms with Gasteiger partial charge in [-0.25, -0.2) is 0 Å². The van der Waals surface area contributed by atoms with Crippen molar-refractivity contribution in [3.8, 4) is 0 Å². The fraction of sp³-hybridized carbons (Fsp3) is 1.00. The summed E-state index contributed by atoms with van der Waals surface area (Å²) in [6.45, 7) is 4.96. The molecule has 0 radical (unpaired) electrons. The average Bonchev–Trinajstić information content (AvgIpc) is 2.40. The molecule has 0 aromatic rings. The Balaban J connectivity index is 2.05. The third-order valence-corrected chi connectivity index (χ3v) is 2.70. The van der Waals surface area contributed by atoms with Crippen LogP contribution in [-0.4, -0.2) is 56.5 Å². The monoisotopic (exact) mass is 254 g/mol. The summed E-state index contributed by atoms with van der Waals surface area (Å²) < 4.78 is 40.0. The molecule has 1 N–H and O–H groups in total. The van der Waals surface area contributed by atoms with Crippen LogP contribution >= 0.6 is 0 Å². The van der Waals surface area contributed by atoms with Crippen molar-refractivity contribution in [2.75, 3.05) is 39.4 Å². The maximum absolute atomic E-state index is 11.8. The molecule has 6 heteroatoms. The lowest BCUT2D eigenvalue weighted by Gasteiger charge is -2.22. The van der Waals surface area contributed by atoms with Crippen molar-refractivity contribution in [3.05, 3.63) is 0 Å².